The molecule has 6 aromatic heterocycles. The van der Waals surface area contributed by atoms with Gasteiger partial charge in [-0.1, -0.05) is 297 Å². The Balaban J connectivity index is 0.891. The van der Waals surface area contributed by atoms with Crippen LogP contribution in [0.5, 0.6) is 0 Å². The quantitative estimate of drug-likeness (QED) is 0.0955. The molecule has 0 N–H and O–H groups in total. The van der Waals surface area contributed by atoms with E-state index < -0.39 is 11.6 Å². The summed E-state index contributed by atoms with van der Waals surface area (Å²) in [6, 6.07) is 112. The summed E-state index contributed by atoms with van der Waals surface area (Å²) >= 11 is 0. The standard InChI is InChI=1S/C97H60F2N14/c1-59-79(112-80-55-68(94-104-86(60-27-10-2-11-28-60)100-87(105-94)61-29-12-3-13-30-61)45-49-72(80)73-50-46-69(56-81(73)112)95-106-88(62-31-14-4-15-32-62)101-89(107-95)63-33-16-5-17-34-63)54-53-76(84-77(98)43-26-44-78(84)99)85(59)113-82-57-70(96-108-90(64-35-18-6-19-36-64)102-91(109-96)65-37-20-7-21-38-65)47-51-74(82)75-52-48-71(58-83(75)113)97-110-92(66-39-22-8-23-40-66)103-93(111-97)67-41-24-9-25-42-67/h2-58H,1H3. The number of nitrogens with zero attached hydrogens (tertiary/aromatic N) is 14. The lowest BCUT2D eigenvalue weighted by Gasteiger charge is -2.22. The van der Waals surface area contributed by atoms with Gasteiger partial charge in [0.15, 0.2) is 69.9 Å². The summed E-state index contributed by atoms with van der Waals surface area (Å²) < 4.78 is 39.6. The van der Waals surface area contributed by atoms with Crippen molar-refractivity contribution in [3.8, 4) is 159 Å². The van der Waals surface area contributed by atoms with Crippen molar-refractivity contribution in [1.29, 1.82) is 0 Å². The molecule has 0 unspecified atom stereocenters. The highest BCUT2D eigenvalue weighted by Gasteiger charge is 2.28. The predicted molar refractivity (Wildman–Crippen MR) is 444 cm³/mol. The molecule has 0 bridgehead atoms. The molecule has 0 saturated heterocycles. The van der Waals surface area contributed by atoms with Crippen molar-refractivity contribution in [3.63, 3.8) is 0 Å². The van der Waals surface area contributed by atoms with E-state index in [0.717, 1.165) is 77.1 Å². The van der Waals surface area contributed by atoms with Crippen LogP contribution in [0.3, 0.4) is 0 Å². The zero-order chi connectivity index (χ0) is 75.5. The summed E-state index contributed by atoms with van der Waals surface area (Å²) in [5.41, 5.74) is 13.9. The van der Waals surface area contributed by atoms with Crippen LogP contribution in [0.1, 0.15) is 5.56 Å². The third-order valence-corrected chi connectivity index (χ3v) is 20.5. The van der Waals surface area contributed by atoms with Gasteiger partial charge < -0.3 is 9.13 Å². The first-order chi connectivity index (χ1) is 55.7. The number of hydrogen-bond acceptors (Lipinski definition) is 12. The molecule has 0 atom stereocenters. The Bertz CT molecular complexity index is 6440. The SMILES string of the molecule is Cc1c(-n2c3cc(-c4nc(-c5ccccc5)nc(-c5ccccc5)n4)ccc3c3ccc(-c4nc(-c5ccccc5)nc(-c5ccccc5)n4)cc32)ccc(-c2c(F)cccc2F)c1-n1c2cc(-c3nc(-c4ccccc4)nc(-c4ccccc4)n3)ccc2c2ccc(-c3nc(-c4ccccc4)nc(-c4ccccc4)n3)cc21. The lowest BCUT2D eigenvalue weighted by molar-refractivity contribution is 0.589. The van der Waals surface area contributed by atoms with E-state index in [1.165, 1.54) is 18.2 Å². The molecule has 0 aliphatic heterocycles. The first-order valence-corrected chi connectivity index (χ1v) is 37.0. The number of fused-ring (bicyclic) bond motifs is 6. The van der Waals surface area contributed by atoms with Crippen LogP contribution >= 0.6 is 0 Å². The summed E-state index contributed by atoms with van der Waals surface area (Å²) in [7, 11) is 0. The van der Waals surface area contributed by atoms with E-state index in [2.05, 4.69) is 69.8 Å². The molecular formula is C97H60F2N14. The summed E-state index contributed by atoms with van der Waals surface area (Å²) in [5.74, 6) is 4.12. The summed E-state index contributed by atoms with van der Waals surface area (Å²) in [5, 5.41) is 3.42. The molecule has 113 heavy (non-hydrogen) atoms. The van der Waals surface area contributed by atoms with E-state index in [0.29, 0.717) is 120 Å². The van der Waals surface area contributed by atoms with Crippen LogP contribution in [0.4, 0.5) is 8.78 Å². The van der Waals surface area contributed by atoms with Crippen molar-refractivity contribution < 1.29 is 8.78 Å². The van der Waals surface area contributed by atoms with Gasteiger partial charge in [-0.2, -0.15) is 0 Å². The molecular weight excluding hydrogens is 1400 g/mol. The monoisotopic (exact) mass is 1460 g/mol. The number of rotatable bonds is 15. The molecule has 0 radical (unpaired) electrons. The highest BCUT2D eigenvalue weighted by Crippen LogP contribution is 2.46. The minimum Gasteiger partial charge on any atom is -0.309 e. The maximum Gasteiger partial charge on any atom is 0.164 e. The van der Waals surface area contributed by atoms with E-state index in [4.69, 9.17) is 59.8 Å². The van der Waals surface area contributed by atoms with Crippen molar-refractivity contribution in [2.75, 3.05) is 0 Å². The van der Waals surface area contributed by atoms with Crippen molar-refractivity contribution in [2.45, 2.75) is 6.92 Å². The minimum absolute atomic E-state index is 0.224. The van der Waals surface area contributed by atoms with E-state index in [9.17, 15) is 0 Å². The Morgan fingerprint density at radius 2 is 0.416 bits per heavy atom. The van der Waals surface area contributed by atoms with E-state index in [1.807, 2.05) is 274 Å². The molecule has 0 aliphatic rings. The van der Waals surface area contributed by atoms with Gasteiger partial charge in [-0.25, -0.2) is 68.6 Å². The number of aromatic nitrogens is 14. The Kier molecular flexibility index (Phi) is 16.8. The van der Waals surface area contributed by atoms with Crippen LogP contribution in [0, 0.1) is 18.6 Å². The third kappa shape index (κ3) is 12.4. The first-order valence-electron chi connectivity index (χ1n) is 37.0. The summed E-state index contributed by atoms with van der Waals surface area (Å²) in [6.45, 7) is 2.02. The van der Waals surface area contributed by atoms with Crippen LogP contribution in [-0.4, -0.2) is 68.9 Å². The predicted octanol–water partition coefficient (Wildman–Crippen LogP) is 22.9. The molecule has 0 saturated carbocycles. The lowest BCUT2D eigenvalue weighted by Crippen LogP contribution is -2.07. The second-order valence-electron chi connectivity index (χ2n) is 27.5. The van der Waals surface area contributed by atoms with Crippen LogP contribution < -0.4 is 0 Å². The Hall–Kier alpha value is -15.4. The minimum atomic E-state index is -0.755. The molecule has 0 aliphatic carbocycles. The molecule has 16 heteroatoms. The third-order valence-electron chi connectivity index (χ3n) is 20.5. The van der Waals surface area contributed by atoms with Gasteiger partial charge in [0.05, 0.1) is 39.0 Å². The van der Waals surface area contributed by atoms with Crippen molar-refractivity contribution in [1.82, 2.24) is 68.9 Å². The lowest BCUT2D eigenvalue weighted by atomic mass is 9.97. The molecule has 20 rings (SSSR count). The molecule has 14 aromatic carbocycles. The summed E-state index contributed by atoms with van der Waals surface area (Å²) in [6.07, 6.45) is 0. The average molecular weight is 1460 g/mol. The maximum absolute atomic E-state index is 17.6. The van der Waals surface area contributed by atoms with Gasteiger partial charge in [-0.3, -0.25) is 0 Å². The molecule has 14 nitrogen and oxygen atoms in total. The second kappa shape index (κ2) is 28.3. The maximum atomic E-state index is 17.6. The fourth-order valence-electron chi connectivity index (χ4n) is 15.0. The van der Waals surface area contributed by atoms with Crippen molar-refractivity contribution in [3.05, 3.63) is 363 Å². The van der Waals surface area contributed by atoms with Crippen LogP contribution in [0.25, 0.3) is 203 Å². The number of hydrogen-bond donors (Lipinski definition) is 0. The van der Waals surface area contributed by atoms with Gasteiger partial charge in [-0.05, 0) is 61.0 Å². The van der Waals surface area contributed by atoms with Crippen LogP contribution in [0.2, 0.25) is 0 Å². The average Bonchev–Trinajstić information content (AvgIpc) is 1.56. The van der Waals surface area contributed by atoms with E-state index >= 15 is 8.78 Å². The molecule has 6 heterocycles. The normalized spacial score (nSPS) is 11.5. The number of benzene rings is 14. The highest BCUT2D eigenvalue weighted by atomic mass is 19.1. The molecule has 532 valence electrons. The Labute approximate surface area is 646 Å². The Morgan fingerprint density at radius 1 is 0.204 bits per heavy atom. The number of halogens is 2. The topological polar surface area (TPSA) is 165 Å². The first kappa shape index (κ1) is 67.0. The van der Waals surface area contributed by atoms with Crippen molar-refractivity contribution >= 4 is 43.6 Å². The second-order valence-corrected chi connectivity index (χ2v) is 27.5. The smallest absolute Gasteiger partial charge is 0.164 e. The molecule has 0 fully saturated rings. The molecule has 0 spiro atoms. The summed E-state index contributed by atoms with van der Waals surface area (Å²) in [4.78, 5) is 62.3. The zero-order valence-electron chi connectivity index (χ0n) is 60.4. The largest absolute Gasteiger partial charge is 0.309 e. The fraction of sp³-hybridized carbons (Fsp3) is 0.0103. The van der Waals surface area contributed by atoms with Gasteiger partial charge in [0.2, 0.25) is 0 Å². The highest BCUT2D eigenvalue weighted by molar-refractivity contribution is 6.13. The molecule has 0 amide bonds. The zero-order valence-corrected chi connectivity index (χ0v) is 60.4. The van der Waals surface area contributed by atoms with Gasteiger partial charge in [-0.15, -0.1) is 0 Å². The Morgan fingerprint density at radius 3 is 0.646 bits per heavy atom. The van der Waals surface area contributed by atoms with Gasteiger partial charge >= 0.3 is 0 Å². The fourth-order valence-corrected chi connectivity index (χ4v) is 15.0. The van der Waals surface area contributed by atoms with Gasteiger partial charge in [0, 0.05) is 93.9 Å². The van der Waals surface area contributed by atoms with Gasteiger partial charge in [0.25, 0.3) is 0 Å². The molecule has 20 aromatic rings. The van der Waals surface area contributed by atoms with E-state index in [1.54, 1.807) is 0 Å². The van der Waals surface area contributed by atoms with E-state index in [-0.39, 0.29) is 11.1 Å². The van der Waals surface area contributed by atoms with Crippen LogP contribution in [-0.2, 0) is 0 Å². The van der Waals surface area contributed by atoms with Crippen molar-refractivity contribution in [2.24, 2.45) is 0 Å². The van der Waals surface area contributed by atoms with Crippen LogP contribution in [0.15, 0.2) is 346 Å². The van der Waals surface area contributed by atoms with Gasteiger partial charge in [0.1, 0.15) is 11.6 Å².